The van der Waals surface area contributed by atoms with Crippen LogP contribution in [0, 0.1) is 0 Å². The number of carbonyl (C=O) groups is 1. The monoisotopic (exact) mass is 328 g/mol. The Balaban J connectivity index is 1.61. The van der Waals surface area contributed by atoms with Gasteiger partial charge in [-0.15, -0.1) is 0 Å². The number of ether oxygens (including phenoxy) is 1. The number of methoxy groups -OCH3 is 1. The Morgan fingerprint density at radius 2 is 1.71 bits per heavy atom. The van der Waals surface area contributed by atoms with E-state index < -0.39 is 6.10 Å². The topological polar surface area (TPSA) is 70.6 Å². The molecule has 2 amide bonds. The standard InChI is InChI=1S/C19H24N2O3/c1-24-17-9-7-15(8-10-17)11-13-20-19(23)21-14-12-18(22)16-5-3-2-4-6-16/h2-10,18,22H,11-14H2,1H3,(H2,20,21,23)/t18-/m1/s1. The van der Waals surface area contributed by atoms with Gasteiger partial charge in [-0.25, -0.2) is 4.79 Å². The number of urea groups is 1. The highest BCUT2D eigenvalue weighted by Gasteiger charge is 2.07. The fraction of sp³-hybridized carbons (Fsp3) is 0.316. The summed E-state index contributed by atoms with van der Waals surface area (Å²) >= 11 is 0. The van der Waals surface area contributed by atoms with E-state index in [1.807, 2.05) is 54.6 Å². The summed E-state index contributed by atoms with van der Waals surface area (Å²) in [5.41, 5.74) is 2.00. The Kier molecular flexibility index (Phi) is 7.11. The zero-order chi connectivity index (χ0) is 17.2. The minimum atomic E-state index is -0.564. The molecule has 2 aromatic rings. The summed E-state index contributed by atoms with van der Waals surface area (Å²) in [6, 6.07) is 17.0. The van der Waals surface area contributed by atoms with Gasteiger partial charge in [0.05, 0.1) is 13.2 Å². The van der Waals surface area contributed by atoms with Crippen molar-refractivity contribution in [2.75, 3.05) is 20.2 Å². The molecule has 24 heavy (non-hydrogen) atoms. The Labute approximate surface area is 142 Å². The third-order valence-electron chi connectivity index (χ3n) is 3.75. The molecular weight excluding hydrogens is 304 g/mol. The van der Waals surface area contributed by atoms with Crippen LogP contribution >= 0.6 is 0 Å². The molecule has 5 heteroatoms. The average molecular weight is 328 g/mol. The predicted octanol–water partition coefficient (Wildman–Crippen LogP) is 2.66. The second-order valence-corrected chi connectivity index (χ2v) is 5.50. The number of hydrogen-bond acceptors (Lipinski definition) is 3. The SMILES string of the molecule is COc1ccc(CCNC(=O)NCC[C@@H](O)c2ccccc2)cc1. The van der Waals surface area contributed by atoms with Crippen molar-refractivity contribution in [1.29, 1.82) is 0 Å². The largest absolute Gasteiger partial charge is 0.497 e. The highest BCUT2D eigenvalue weighted by molar-refractivity contribution is 5.73. The summed E-state index contributed by atoms with van der Waals surface area (Å²) in [7, 11) is 1.63. The van der Waals surface area contributed by atoms with E-state index in [1.54, 1.807) is 7.11 Å². The molecule has 0 aliphatic carbocycles. The molecule has 0 radical (unpaired) electrons. The van der Waals surface area contributed by atoms with Crippen molar-refractivity contribution in [1.82, 2.24) is 10.6 Å². The summed E-state index contributed by atoms with van der Waals surface area (Å²) in [5.74, 6) is 0.821. The Bertz CT molecular complexity index is 614. The van der Waals surface area contributed by atoms with Gasteiger partial charge in [0, 0.05) is 13.1 Å². The Hall–Kier alpha value is -2.53. The van der Waals surface area contributed by atoms with Crippen LogP contribution in [0.5, 0.6) is 5.75 Å². The Morgan fingerprint density at radius 1 is 1.04 bits per heavy atom. The van der Waals surface area contributed by atoms with Gasteiger partial charge in [0.1, 0.15) is 5.75 Å². The minimum Gasteiger partial charge on any atom is -0.497 e. The molecule has 2 aromatic carbocycles. The zero-order valence-electron chi connectivity index (χ0n) is 13.9. The van der Waals surface area contributed by atoms with Crippen molar-refractivity contribution >= 4 is 6.03 Å². The molecule has 0 spiro atoms. The molecule has 0 aliphatic rings. The van der Waals surface area contributed by atoms with Crippen molar-refractivity contribution < 1.29 is 14.6 Å². The van der Waals surface area contributed by atoms with E-state index >= 15 is 0 Å². The molecule has 0 heterocycles. The fourth-order valence-corrected chi connectivity index (χ4v) is 2.34. The second kappa shape index (κ2) is 9.57. The first-order valence-electron chi connectivity index (χ1n) is 8.06. The maximum atomic E-state index is 11.7. The maximum Gasteiger partial charge on any atom is 0.314 e. The van der Waals surface area contributed by atoms with E-state index in [-0.39, 0.29) is 6.03 Å². The molecule has 2 rings (SSSR count). The lowest BCUT2D eigenvalue weighted by Crippen LogP contribution is -2.37. The van der Waals surface area contributed by atoms with Gasteiger partial charge in [-0.05, 0) is 36.1 Å². The van der Waals surface area contributed by atoms with Crippen molar-refractivity contribution in [3.63, 3.8) is 0 Å². The molecule has 3 N–H and O–H groups in total. The highest BCUT2D eigenvalue weighted by atomic mass is 16.5. The molecule has 0 fully saturated rings. The van der Waals surface area contributed by atoms with Crippen LogP contribution in [0.4, 0.5) is 4.79 Å². The van der Waals surface area contributed by atoms with Crippen molar-refractivity contribution in [3.05, 3.63) is 65.7 Å². The van der Waals surface area contributed by atoms with Crippen LogP contribution in [-0.4, -0.2) is 31.3 Å². The maximum absolute atomic E-state index is 11.7. The van der Waals surface area contributed by atoms with E-state index in [2.05, 4.69) is 10.6 Å². The molecule has 0 bridgehead atoms. The van der Waals surface area contributed by atoms with Gasteiger partial charge >= 0.3 is 6.03 Å². The number of amides is 2. The third-order valence-corrected chi connectivity index (χ3v) is 3.75. The van der Waals surface area contributed by atoms with Gasteiger partial charge in [-0.1, -0.05) is 42.5 Å². The van der Waals surface area contributed by atoms with Gasteiger partial charge in [-0.3, -0.25) is 0 Å². The number of rotatable bonds is 8. The molecule has 128 valence electrons. The Morgan fingerprint density at radius 3 is 2.38 bits per heavy atom. The first kappa shape index (κ1) is 17.8. The quantitative estimate of drug-likeness (QED) is 0.698. The number of aliphatic hydroxyl groups is 1. The molecule has 0 unspecified atom stereocenters. The minimum absolute atomic E-state index is 0.219. The van der Waals surface area contributed by atoms with Crippen LogP contribution in [0.15, 0.2) is 54.6 Å². The lowest BCUT2D eigenvalue weighted by molar-refractivity contribution is 0.167. The summed E-state index contributed by atoms with van der Waals surface area (Å²) in [5, 5.41) is 15.6. The fourth-order valence-electron chi connectivity index (χ4n) is 2.34. The zero-order valence-corrected chi connectivity index (χ0v) is 13.9. The molecule has 0 aliphatic heterocycles. The van der Waals surface area contributed by atoms with Crippen molar-refractivity contribution in [3.8, 4) is 5.75 Å². The molecule has 5 nitrogen and oxygen atoms in total. The lowest BCUT2D eigenvalue weighted by atomic mass is 10.1. The van der Waals surface area contributed by atoms with Crippen LogP contribution < -0.4 is 15.4 Å². The van der Waals surface area contributed by atoms with Crippen LogP contribution in [0.25, 0.3) is 0 Å². The molecule has 1 atom stereocenters. The molecule has 0 aromatic heterocycles. The third kappa shape index (κ3) is 5.93. The summed E-state index contributed by atoms with van der Waals surface area (Å²) in [6.07, 6.45) is 0.672. The van der Waals surface area contributed by atoms with Gasteiger partial charge < -0.3 is 20.5 Å². The van der Waals surface area contributed by atoms with E-state index in [9.17, 15) is 9.90 Å². The number of nitrogens with one attached hydrogen (secondary N) is 2. The highest BCUT2D eigenvalue weighted by Crippen LogP contribution is 2.14. The van der Waals surface area contributed by atoms with Gasteiger partial charge in [0.2, 0.25) is 0 Å². The van der Waals surface area contributed by atoms with Crippen LogP contribution in [0.1, 0.15) is 23.7 Å². The first-order valence-corrected chi connectivity index (χ1v) is 8.06. The summed E-state index contributed by atoms with van der Waals surface area (Å²) < 4.78 is 5.11. The first-order chi connectivity index (χ1) is 11.7. The summed E-state index contributed by atoms with van der Waals surface area (Å²) in [6.45, 7) is 0.976. The molecule has 0 saturated carbocycles. The van der Waals surface area contributed by atoms with Gasteiger partial charge in [-0.2, -0.15) is 0 Å². The molecular formula is C19H24N2O3. The lowest BCUT2D eigenvalue weighted by Gasteiger charge is -2.12. The smallest absolute Gasteiger partial charge is 0.314 e. The van der Waals surface area contributed by atoms with Crippen LogP contribution in [-0.2, 0) is 6.42 Å². The number of carbonyl (C=O) groups excluding carboxylic acids is 1. The van der Waals surface area contributed by atoms with E-state index in [0.29, 0.717) is 19.5 Å². The van der Waals surface area contributed by atoms with E-state index in [0.717, 1.165) is 23.3 Å². The van der Waals surface area contributed by atoms with Gasteiger partial charge in [0.25, 0.3) is 0 Å². The van der Waals surface area contributed by atoms with Crippen molar-refractivity contribution in [2.24, 2.45) is 0 Å². The van der Waals surface area contributed by atoms with Gasteiger partial charge in [0.15, 0.2) is 0 Å². The number of aliphatic hydroxyl groups excluding tert-OH is 1. The average Bonchev–Trinajstić information content (AvgIpc) is 2.63. The normalized spacial score (nSPS) is 11.6. The number of benzene rings is 2. The van der Waals surface area contributed by atoms with E-state index in [1.165, 1.54) is 0 Å². The van der Waals surface area contributed by atoms with Crippen LogP contribution in [0.3, 0.4) is 0 Å². The second-order valence-electron chi connectivity index (χ2n) is 5.50. The number of hydrogen-bond donors (Lipinski definition) is 3. The van der Waals surface area contributed by atoms with Crippen molar-refractivity contribution in [2.45, 2.75) is 18.9 Å². The van der Waals surface area contributed by atoms with E-state index in [4.69, 9.17) is 4.74 Å². The predicted molar refractivity (Wildman–Crippen MR) is 94.1 cm³/mol. The van der Waals surface area contributed by atoms with Crippen LogP contribution in [0.2, 0.25) is 0 Å². The summed E-state index contributed by atoms with van der Waals surface area (Å²) in [4.78, 5) is 11.7. The molecule has 0 saturated heterocycles.